The number of fused-ring (bicyclic) bond motifs is 2. The molecular weight excluding hydrogens is 505 g/mol. The molecule has 0 spiro atoms. The van der Waals surface area contributed by atoms with Crippen LogP contribution < -0.4 is 21.3 Å². The second kappa shape index (κ2) is 10.9. The van der Waals surface area contributed by atoms with Gasteiger partial charge < -0.3 is 21.3 Å². The van der Waals surface area contributed by atoms with E-state index in [1.54, 1.807) is 0 Å². The van der Waals surface area contributed by atoms with Crippen molar-refractivity contribution in [2.75, 3.05) is 10.6 Å². The molecular formula is C32H30N4S2. The molecule has 0 unspecified atom stereocenters. The summed E-state index contributed by atoms with van der Waals surface area (Å²) in [7, 11) is 0. The lowest BCUT2D eigenvalue weighted by atomic mass is 9.89. The summed E-state index contributed by atoms with van der Waals surface area (Å²) in [5.74, 6) is 0. The minimum atomic E-state index is 0.161. The van der Waals surface area contributed by atoms with Crippen LogP contribution in [0, 0.1) is 0 Å². The van der Waals surface area contributed by atoms with Gasteiger partial charge in [0.2, 0.25) is 0 Å². The molecule has 0 saturated carbocycles. The number of nitrogens with one attached hydrogen (secondary N) is 4. The molecule has 4 aromatic rings. The van der Waals surface area contributed by atoms with Crippen molar-refractivity contribution < 1.29 is 0 Å². The van der Waals surface area contributed by atoms with Gasteiger partial charge in [-0.05, 0) is 108 Å². The quantitative estimate of drug-likeness (QED) is 0.202. The zero-order valence-electron chi connectivity index (χ0n) is 21.0. The molecule has 2 aliphatic carbocycles. The first-order valence-electron chi connectivity index (χ1n) is 13.1. The number of para-hydroxylation sites is 2. The third-order valence-electron chi connectivity index (χ3n) is 7.46. The van der Waals surface area contributed by atoms with Crippen molar-refractivity contribution in [1.29, 1.82) is 0 Å². The molecule has 0 bridgehead atoms. The summed E-state index contributed by atoms with van der Waals surface area (Å²) in [6.07, 6.45) is 4.11. The topological polar surface area (TPSA) is 48.1 Å². The van der Waals surface area contributed by atoms with E-state index in [9.17, 15) is 0 Å². The molecule has 6 heteroatoms. The van der Waals surface area contributed by atoms with Gasteiger partial charge in [0.15, 0.2) is 10.2 Å². The van der Waals surface area contributed by atoms with Gasteiger partial charge in [0, 0.05) is 11.4 Å². The number of thiocarbonyl (C=S) groups is 2. The molecule has 2 atom stereocenters. The lowest BCUT2D eigenvalue weighted by Gasteiger charge is -2.24. The molecule has 0 fully saturated rings. The number of hydrogen-bond donors (Lipinski definition) is 4. The average molecular weight is 535 g/mol. The smallest absolute Gasteiger partial charge is 0.171 e. The van der Waals surface area contributed by atoms with E-state index in [0.29, 0.717) is 10.2 Å². The Morgan fingerprint density at radius 1 is 0.526 bits per heavy atom. The average Bonchev–Trinajstić information content (AvgIpc) is 3.54. The minimum Gasteiger partial charge on any atom is -0.356 e. The third kappa shape index (κ3) is 5.15. The number of rotatable bonds is 5. The third-order valence-corrected chi connectivity index (χ3v) is 7.90. The van der Waals surface area contributed by atoms with E-state index in [1.807, 2.05) is 60.7 Å². The summed E-state index contributed by atoms with van der Waals surface area (Å²) < 4.78 is 0. The van der Waals surface area contributed by atoms with Gasteiger partial charge in [-0.25, -0.2) is 0 Å². The first-order valence-corrected chi connectivity index (χ1v) is 14.0. The monoisotopic (exact) mass is 534 g/mol. The first-order chi connectivity index (χ1) is 18.7. The molecule has 4 aromatic carbocycles. The minimum absolute atomic E-state index is 0.161. The zero-order chi connectivity index (χ0) is 25.9. The van der Waals surface area contributed by atoms with E-state index in [1.165, 1.54) is 33.4 Å². The normalized spacial score (nSPS) is 17.3. The fourth-order valence-electron chi connectivity index (χ4n) is 5.83. The maximum absolute atomic E-state index is 5.71. The van der Waals surface area contributed by atoms with Crippen LogP contribution in [-0.4, -0.2) is 10.2 Å². The largest absolute Gasteiger partial charge is 0.356 e. The summed E-state index contributed by atoms with van der Waals surface area (Å²) in [4.78, 5) is 0. The molecule has 0 heterocycles. The van der Waals surface area contributed by atoms with E-state index >= 15 is 0 Å². The highest BCUT2D eigenvalue weighted by Crippen LogP contribution is 2.44. The van der Waals surface area contributed by atoms with Gasteiger partial charge in [0.05, 0.1) is 12.1 Å². The summed E-state index contributed by atoms with van der Waals surface area (Å²) in [6.45, 7) is 0. The summed E-state index contributed by atoms with van der Waals surface area (Å²) in [5, 5.41) is 15.2. The van der Waals surface area contributed by atoms with Gasteiger partial charge in [-0.1, -0.05) is 72.8 Å². The molecule has 0 amide bonds. The summed E-state index contributed by atoms with van der Waals surface area (Å²) in [6, 6.07) is 33.9. The molecule has 38 heavy (non-hydrogen) atoms. The van der Waals surface area contributed by atoms with Crippen LogP contribution >= 0.6 is 24.4 Å². The maximum atomic E-state index is 5.71. The predicted molar refractivity (Wildman–Crippen MR) is 166 cm³/mol. The molecule has 0 radical (unpaired) electrons. The van der Waals surface area contributed by atoms with Crippen LogP contribution in [0.2, 0.25) is 0 Å². The Hall–Kier alpha value is -3.74. The van der Waals surface area contributed by atoms with Gasteiger partial charge in [-0.2, -0.15) is 0 Å². The maximum Gasteiger partial charge on any atom is 0.171 e. The molecule has 0 saturated heterocycles. The van der Waals surface area contributed by atoms with Crippen molar-refractivity contribution in [2.45, 2.75) is 37.8 Å². The second-order valence-electron chi connectivity index (χ2n) is 9.87. The lowest BCUT2D eigenvalue weighted by molar-refractivity contribution is 0.641. The number of aryl methyl sites for hydroxylation is 2. The molecule has 4 nitrogen and oxygen atoms in total. The van der Waals surface area contributed by atoms with Crippen molar-refractivity contribution in [2.24, 2.45) is 0 Å². The Morgan fingerprint density at radius 2 is 0.947 bits per heavy atom. The van der Waals surface area contributed by atoms with Gasteiger partial charge in [0.1, 0.15) is 0 Å². The highest BCUT2D eigenvalue weighted by atomic mass is 32.1. The molecule has 190 valence electrons. The number of anilines is 2. The van der Waals surface area contributed by atoms with Crippen LogP contribution in [-0.2, 0) is 12.8 Å². The van der Waals surface area contributed by atoms with Gasteiger partial charge >= 0.3 is 0 Å². The van der Waals surface area contributed by atoms with E-state index in [0.717, 1.165) is 37.1 Å². The van der Waals surface area contributed by atoms with Crippen molar-refractivity contribution >= 4 is 46.0 Å². The SMILES string of the molecule is S=C(Nc1ccccc1)N[C@H]1CCc2cccc(-c3cccc4c3[C@@H](NC(=S)Nc3ccccc3)CC4)c21. The Kier molecular flexibility index (Phi) is 7.08. The van der Waals surface area contributed by atoms with Crippen molar-refractivity contribution in [1.82, 2.24) is 10.6 Å². The van der Waals surface area contributed by atoms with Crippen LogP contribution in [0.5, 0.6) is 0 Å². The molecule has 2 aliphatic rings. The zero-order valence-corrected chi connectivity index (χ0v) is 22.7. The van der Waals surface area contributed by atoms with Crippen LogP contribution in [0.4, 0.5) is 11.4 Å². The van der Waals surface area contributed by atoms with E-state index in [2.05, 4.69) is 57.7 Å². The Balaban J connectivity index is 1.27. The van der Waals surface area contributed by atoms with E-state index < -0.39 is 0 Å². The second-order valence-corrected chi connectivity index (χ2v) is 10.7. The first kappa shape index (κ1) is 24.6. The highest BCUT2D eigenvalue weighted by molar-refractivity contribution is 7.80. The molecule has 4 N–H and O–H groups in total. The van der Waals surface area contributed by atoms with Crippen LogP contribution in [0.3, 0.4) is 0 Å². The molecule has 0 aromatic heterocycles. The van der Waals surface area contributed by atoms with Crippen molar-refractivity contribution in [3.63, 3.8) is 0 Å². The van der Waals surface area contributed by atoms with Gasteiger partial charge in [-0.15, -0.1) is 0 Å². The van der Waals surface area contributed by atoms with E-state index in [4.69, 9.17) is 24.4 Å². The Labute approximate surface area is 234 Å². The standard InChI is InChI=1S/C32H30N4S2/c37-31(33-23-11-3-1-4-12-23)35-27-19-17-21-9-7-15-25(29(21)27)26-16-8-10-22-18-20-28(30(22)26)36-32(38)34-24-13-5-2-6-14-24/h1-16,27-28H,17-20H2,(H2,33,35,37)(H2,34,36,38)/t27-,28-/m0/s1. The van der Waals surface area contributed by atoms with Crippen molar-refractivity contribution in [3.8, 4) is 11.1 Å². The van der Waals surface area contributed by atoms with Crippen molar-refractivity contribution in [3.05, 3.63) is 119 Å². The number of hydrogen-bond acceptors (Lipinski definition) is 2. The molecule has 0 aliphatic heterocycles. The summed E-state index contributed by atoms with van der Waals surface area (Å²) >= 11 is 11.4. The Morgan fingerprint density at radius 3 is 1.37 bits per heavy atom. The molecule has 6 rings (SSSR count). The lowest BCUT2D eigenvalue weighted by Crippen LogP contribution is -2.32. The fourth-order valence-corrected chi connectivity index (χ4v) is 6.35. The fraction of sp³-hybridized carbons (Fsp3) is 0.188. The Bertz CT molecular complexity index is 1360. The summed E-state index contributed by atoms with van der Waals surface area (Å²) in [5.41, 5.74) is 10.0. The van der Waals surface area contributed by atoms with Gasteiger partial charge in [-0.3, -0.25) is 0 Å². The van der Waals surface area contributed by atoms with Crippen LogP contribution in [0.1, 0.15) is 47.2 Å². The van der Waals surface area contributed by atoms with Crippen LogP contribution in [0.15, 0.2) is 97.1 Å². The predicted octanol–water partition coefficient (Wildman–Crippen LogP) is 7.30. The van der Waals surface area contributed by atoms with Gasteiger partial charge in [0.25, 0.3) is 0 Å². The van der Waals surface area contributed by atoms with Crippen LogP contribution in [0.25, 0.3) is 11.1 Å². The highest BCUT2D eigenvalue weighted by Gasteiger charge is 2.31. The number of benzene rings is 4. The van der Waals surface area contributed by atoms with E-state index in [-0.39, 0.29) is 12.1 Å².